The molecule has 0 aliphatic carbocycles. The van der Waals surface area contributed by atoms with Crippen LogP contribution in [-0.2, 0) is 11.3 Å². The summed E-state index contributed by atoms with van der Waals surface area (Å²) in [7, 11) is 0. The van der Waals surface area contributed by atoms with Gasteiger partial charge in [0.05, 0.1) is 12.3 Å². The van der Waals surface area contributed by atoms with E-state index in [4.69, 9.17) is 0 Å². The lowest BCUT2D eigenvalue weighted by Gasteiger charge is -2.28. The van der Waals surface area contributed by atoms with Gasteiger partial charge in [0, 0.05) is 24.5 Å². The fraction of sp³-hybridized carbons (Fsp3) is 0.333. The average Bonchev–Trinajstić information content (AvgIpc) is 3.21. The van der Waals surface area contributed by atoms with Crippen LogP contribution in [0.1, 0.15) is 24.8 Å². The highest BCUT2D eigenvalue weighted by Gasteiger charge is 2.12. The Bertz CT molecular complexity index is 922. The zero-order valence-electron chi connectivity index (χ0n) is 16.2. The summed E-state index contributed by atoms with van der Waals surface area (Å²) in [4.78, 5) is 14.7. The van der Waals surface area contributed by atoms with Crippen LogP contribution in [0.25, 0.3) is 0 Å². The summed E-state index contributed by atoms with van der Waals surface area (Å²) in [5, 5.41) is 15.4. The Morgan fingerprint density at radius 2 is 1.76 bits per heavy atom. The van der Waals surface area contributed by atoms with E-state index in [1.165, 1.54) is 36.7 Å². The fourth-order valence-electron chi connectivity index (χ4n) is 3.39. The minimum atomic E-state index is -0.0741. The predicted octanol–water partition coefficient (Wildman–Crippen LogP) is 3.44. The van der Waals surface area contributed by atoms with Gasteiger partial charge in [0.2, 0.25) is 11.1 Å². The summed E-state index contributed by atoms with van der Waals surface area (Å²) in [6.07, 6.45) is 3.82. The van der Waals surface area contributed by atoms with Crippen LogP contribution in [0.5, 0.6) is 0 Å². The predicted molar refractivity (Wildman–Crippen MR) is 115 cm³/mol. The van der Waals surface area contributed by atoms with Crippen molar-refractivity contribution in [3.8, 4) is 0 Å². The third-order valence-corrected chi connectivity index (χ3v) is 5.84. The van der Waals surface area contributed by atoms with Crippen molar-refractivity contribution in [1.82, 2.24) is 20.2 Å². The normalized spacial score (nSPS) is 14.0. The number of carbonyl (C=O) groups excluding carboxylic acids is 1. The van der Waals surface area contributed by atoms with Crippen LogP contribution in [0.2, 0.25) is 0 Å². The highest BCUT2D eigenvalue weighted by atomic mass is 32.2. The standard InChI is InChI=1S/C21H24N6OS/c28-20(22-18-9-11-19(12-10-18)26-13-5-2-6-14-26)16-29-21-23-24-25-27(21)15-17-7-3-1-4-8-17/h1,3-4,7-12H,2,5-6,13-16H2,(H,22,28). The van der Waals surface area contributed by atoms with Gasteiger partial charge in [-0.15, -0.1) is 5.10 Å². The lowest BCUT2D eigenvalue weighted by Crippen LogP contribution is -2.29. The number of hydrogen-bond donors (Lipinski definition) is 1. The van der Waals surface area contributed by atoms with Gasteiger partial charge in [0.25, 0.3) is 0 Å². The zero-order valence-corrected chi connectivity index (χ0v) is 17.0. The summed E-state index contributed by atoms with van der Waals surface area (Å²) in [6, 6.07) is 18.1. The van der Waals surface area contributed by atoms with Gasteiger partial charge in [-0.05, 0) is 59.5 Å². The first-order valence-electron chi connectivity index (χ1n) is 9.86. The van der Waals surface area contributed by atoms with Crippen LogP contribution in [0.3, 0.4) is 0 Å². The number of carbonyl (C=O) groups is 1. The molecule has 2 aromatic carbocycles. The van der Waals surface area contributed by atoms with E-state index in [0.29, 0.717) is 11.7 Å². The number of nitrogens with one attached hydrogen (secondary N) is 1. The summed E-state index contributed by atoms with van der Waals surface area (Å²) in [5.41, 5.74) is 3.14. The second kappa shape index (κ2) is 9.56. The Balaban J connectivity index is 1.29. The molecule has 7 nitrogen and oxygen atoms in total. The van der Waals surface area contributed by atoms with Crippen molar-refractivity contribution < 1.29 is 4.79 Å². The molecule has 0 bridgehead atoms. The second-order valence-corrected chi connectivity index (χ2v) is 7.98. The number of amides is 1. The monoisotopic (exact) mass is 408 g/mol. The summed E-state index contributed by atoms with van der Waals surface area (Å²) >= 11 is 1.33. The Morgan fingerprint density at radius 3 is 2.52 bits per heavy atom. The van der Waals surface area contributed by atoms with Gasteiger partial charge >= 0.3 is 0 Å². The lowest BCUT2D eigenvalue weighted by molar-refractivity contribution is -0.113. The van der Waals surface area contributed by atoms with E-state index >= 15 is 0 Å². The minimum Gasteiger partial charge on any atom is -0.372 e. The first-order valence-corrected chi connectivity index (χ1v) is 10.8. The van der Waals surface area contributed by atoms with E-state index in [0.717, 1.165) is 24.3 Å². The van der Waals surface area contributed by atoms with Crippen LogP contribution in [0.4, 0.5) is 11.4 Å². The number of rotatable bonds is 7. The molecule has 1 saturated heterocycles. The number of anilines is 2. The van der Waals surface area contributed by atoms with Crippen molar-refractivity contribution in [3.05, 3.63) is 60.2 Å². The van der Waals surface area contributed by atoms with E-state index in [1.807, 2.05) is 42.5 Å². The molecule has 1 aliphatic heterocycles. The molecule has 0 spiro atoms. The maximum absolute atomic E-state index is 12.3. The van der Waals surface area contributed by atoms with Gasteiger partial charge in [-0.2, -0.15) is 0 Å². The molecule has 1 aliphatic rings. The molecule has 2 heterocycles. The molecule has 1 aromatic heterocycles. The Morgan fingerprint density at radius 1 is 1.00 bits per heavy atom. The SMILES string of the molecule is O=C(CSc1nnnn1Cc1ccccc1)Nc1ccc(N2CCCCC2)cc1. The van der Waals surface area contributed by atoms with Crippen LogP contribution < -0.4 is 10.2 Å². The molecule has 0 atom stereocenters. The molecule has 0 saturated carbocycles. The summed E-state index contributed by atoms with van der Waals surface area (Å²) in [5.74, 6) is 0.179. The Kier molecular flexibility index (Phi) is 6.41. The van der Waals surface area contributed by atoms with Gasteiger partial charge in [0.15, 0.2) is 0 Å². The Labute approximate surface area is 174 Å². The van der Waals surface area contributed by atoms with E-state index in [1.54, 1.807) is 4.68 Å². The highest BCUT2D eigenvalue weighted by molar-refractivity contribution is 7.99. The number of aromatic nitrogens is 4. The van der Waals surface area contributed by atoms with Gasteiger partial charge in [0.1, 0.15) is 0 Å². The largest absolute Gasteiger partial charge is 0.372 e. The maximum Gasteiger partial charge on any atom is 0.234 e. The molecule has 3 aromatic rings. The van der Waals surface area contributed by atoms with Crippen LogP contribution in [0.15, 0.2) is 59.8 Å². The van der Waals surface area contributed by atoms with E-state index < -0.39 is 0 Å². The topological polar surface area (TPSA) is 75.9 Å². The third-order valence-electron chi connectivity index (χ3n) is 4.88. The van der Waals surface area contributed by atoms with Crippen molar-refractivity contribution in [2.75, 3.05) is 29.1 Å². The minimum absolute atomic E-state index is 0.0741. The van der Waals surface area contributed by atoms with E-state index in [-0.39, 0.29) is 11.7 Å². The molecule has 0 radical (unpaired) electrons. The van der Waals surface area contributed by atoms with Crippen molar-refractivity contribution in [3.63, 3.8) is 0 Å². The van der Waals surface area contributed by atoms with Gasteiger partial charge < -0.3 is 10.2 Å². The second-order valence-electron chi connectivity index (χ2n) is 7.04. The van der Waals surface area contributed by atoms with Crippen molar-refractivity contribution in [2.24, 2.45) is 0 Å². The van der Waals surface area contributed by atoms with E-state index in [9.17, 15) is 4.79 Å². The van der Waals surface area contributed by atoms with Crippen molar-refractivity contribution >= 4 is 29.0 Å². The molecule has 8 heteroatoms. The van der Waals surface area contributed by atoms with E-state index in [2.05, 4.69) is 37.9 Å². The van der Waals surface area contributed by atoms with Crippen LogP contribution in [-0.4, -0.2) is 45.0 Å². The number of piperidine rings is 1. The smallest absolute Gasteiger partial charge is 0.234 e. The van der Waals surface area contributed by atoms with Crippen LogP contribution >= 0.6 is 11.8 Å². The maximum atomic E-state index is 12.3. The zero-order chi connectivity index (χ0) is 19.9. The number of benzene rings is 2. The highest BCUT2D eigenvalue weighted by Crippen LogP contribution is 2.22. The molecular formula is C21H24N6OS. The molecule has 1 N–H and O–H groups in total. The quantitative estimate of drug-likeness (QED) is 0.604. The number of tetrazole rings is 1. The molecule has 1 fully saturated rings. The molecule has 0 unspecified atom stereocenters. The van der Waals surface area contributed by atoms with Crippen molar-refractivity contribution in [2.45, 2.75) is 31.0 Å². The third kappa shape index (κ3) is 5.35. The molecule has 29 heavy (non-hydrogen) atoms. The fourth-order valence-corrected chi connectivity index (χ4v) is 4.07. The first-order chi connectivity index (χ1) is 14.3. The average molecular weight is 409 g/mol. The number of nitrogens with zero attached hydrogens (tertiary/aromatic N) is 5. The molecular weight excluding hydrogens is 384 g/mol. The number of thioether (sulfide) groups is 1. The van der Waals surface area contributed by atoms with Gasteiger partial charge in [-0.3, -0.25) is 4.79 Å². The molecule has 1 amide bonds. The first kappa shape index (κ1) is 19.4. The lowest BCUT2D eigenvalue weighted by atomic mass is 10.1. The van der Waals surface area contributed by atoms with Gasteiger partial charge in [-0.1, -0.05) is 42.1 Å². The molecule has 150 valence electrons. The van der Waals surface area contributed by atoms with Gasteiger partial charge in [-0.25, -0.2) is 4.68 Å². The summed E-state index contributed by atoms with van der Waals surface area (Å²) < 4.78 is 1.71. The summed E-state index contributed by atoms with van der Waals surface area (Å²) in [6.45, 7) is 2.80. The Hall–Kier alpha value is -2.87. The van der Waals surface area contributed by atoms with Crippen molar-refractivity contribution in [1.29, 1.82) is 0 Å². The molecule has 4 rings (SSSR count). The number of hydrogen-bond acceptors (Lipinski definition) is 6. The van der Waals surface area contributed by atoms with Crippen LogP contribution in [0, 0.1) is 0 Å².